The van der Waals surface area contributed by atoms with Crippen LogP contribution in [0.1, 0.15) is 0 Å². The molecule has 3 rings (SSSR count). The molecule has 0 aliphatic carbocycles. The predicted molar refractivity (Wildman–Crippen MR) is 99.2 cm³/mol. The van der Waals surface area contributed by atoms with Crippen molar-refractivity contribution < 1.29 is 8.82 Å². The smallest absolute Gasteiger partial charge is 0.255 e. The van der Waals surface area contributed by atoms with E-state index in [0.29, 0.717) is 23.3 Å². The van der Waals surface area contributed by atoms with E-state index in [2.05, 4.69) is 33.5 Å². The molecule has 3 aromatic rings. The molecule has 0 spiro atoms. The van der Waals surface area contributed by atoms with Crippen LogP contribution in [0.15, 0.2) is 24.5 Å². The fraction of sp³-hybridized carbons (Fsp3) is 0.267. The van der Waals surface area contributed by atoms with Gasteiger partial charge in [-0.3, -0.25) is 0 Å². The minimum absolute atomic E-state index is 0.0897. The van der Waals surface area contributed by atoms with Crippen LogP contribution in [-0.4, -0.2) is 41.2 Å². The lowest BCUT2D eigenvalue weighted by molar-refractivity contribution is 0.406. The van der Waals surface area contributed by atoms with E-state index in [0.717, 1.165) is 0 Å². The van der Waals surface area contributed by atoms with Gasteiger partial charge < -0.3 is 9.74 Å². The summed E-state index contributed by atoms with van der Waals surface area (Å²) < 4.78 is 21.5. The molecule has 132 valence electrons. The third-order valence-corrected chi connectivity index (χ3v) is 6.55. The van der Waals surface area contributed by atoms with E-state index >= 15 is 0 Å². The van der Waals surface area contributed by atoms with Gasteiger partial charge in [-0.25, -0.2) is 4.39 Å². The van der Waals surface area contributed by atoms with Crippen molar-refractivity contribution in [2.24, 2.45) is 0 Å². The maximum Gasteiger partial charge on any atom is 0.255 e. The number of aromatic nitrogens is 4. The van der Waals surface area contributed by atoms with Crippen molar-refractivity contribution in [3.8, 4) is 11.1 Å². The summed E-state index contributed by atoms with van der Waals surface area (Å²) >= 11 is 12.6. The van der Waals surface area contributed by atoms with Crippen LogP contribution in [0.2, 0.25) is 23.3 Å². The molecule has 6 nitrogen and oxygen atoms in total. The monoisotopic (exact) mass is 399 g/mol. The standard InChI is InChI=1S/C15H16Cl2FN5OSi/c1-24-25(2,3)8-20-14-12(11-9(16)5-4-6-10(11)18)13(17)22-15-19-7-21-23(14)15/h4-7,20H,8H2,1-3H3. The number of hydrogen-bond acceptors (Lipinski definition) is 5. The van der Waals surface area contributed by atoms with Gasteiger partial charge in [0.15, 0.2) is 0 Å². The molecule has 0 saturated carbocycles. The average molecular weight is 400 g/mol. The first-order chi connectivity index (χ1) is 11.8. The lowest BCUT2D eigenvalue weighted by Gasteiger charge is -2.23. The van der Waals surface area contributed by atoms with Gasteiger partial charge in [0.1, 0.15) is 23.1 Å². The first kappa shape index (κ1) is 18.1. The normalized spacial score (nSPS) is 11.9. The summed E-state index contributed by atoms with van der Waals surface area (Å²) in [5.74, 6) is 0.277. The van der Waals surface area contributed by atoms with Gasteiger partial charge in [-0.1, -0.05) is 29.3 Å². The van der Waals surface area contributed by atoms with Crippen molar-refractivity contribution >= 4 is 43.1 Å². The quantitative estimate of drug-likeness (QED) is 0.517. The fourth-order valence-electron chi connectivity index (χ4n) is 2.31. The van der Waals surface area contributed by atoms with Gasteiger partial charge in [-0.15, -0.1) is 0 Å². The highest BCUT2D eigenvalue weighted by Crippen LogP contribution is 2.39. The molecule has 0 radical (unpaired) electrons. The second-order valence-electron chi connectivity index (χ2n) is 6.01. The summed E-state index contributed by atoms with van der Waals surface area (Å²) in [5, 5.41) is 7.76. The van der Waals surface area contributed by atoms with Gasteiger partial charge in [0.2, 0.25) is 8.32 Å². The number of anilines is 1. The van der Waals surface area contributed by atoms with Gasteiger partial charge in [0, 0.05) is 18.8 Å². The van der Waals surface area contributed by atoms with Crippen molar-refractivity contribution in [3.63, 3.8) is 0 Å². The Bertz CT molecular complexity index is 913. The fourth-order valence-corrected chi connectivity index (χ4v) is 3.56. The van der Waals surface area contributed by atoms with Crippen LogP contribution in [0, 0.1) is 5.82 Å². The molecule has 0 aliphatic heterocycles. The Morgan fingerprint density at radius 1 is 1.28 bits per heavy atom. The Morgan fingerprint density at radius 3 is 2.72 bits per heavy atom. The molecule has 25 heavy (non-hydrogen) atoms. The number of hydrogen-bond donors (Lipinski definition) is 1. The number of nitrogens with one attached hydrogen (secondary N) is 1. The van der Waals surface area contributed by atoms with Crippen LogP contribution >= 0.6 is 23.2 Å². The number of benzene rings is 1. The van der Waals surface area contributed by atoms with Crippen LogP contribution < -0.4 is 5.32 Å². The van der Waals surface area contributed by atoms with Gasteiger partial charge in [0.25, 0.3) is 5.78 Å². The number of nitrogens with zero attached hydrogens (tertiary/aromatic N) is 4. The summed E-state index contributed by atoms with van der Waals surface area (Å²) in [6.45, 7) is 4.11. The van der Waals surface area contributed by atoms with Crippen molar-refractivity contribution in [1.82, 2.24) is 19.6 Å². The maximum atomic E-state index is 14.5. The molecule has 0 atom stereocenters. The zero-order valence-electron chi connectivity index (χ0n) is 13.8. The average Bonchev–Trinajstić information content (AvgIpc) is 3.01. The summed E-state index contributed by atoms with van der Waals surface area (Å²) in [6.07, 6.45) is 1.91. The van der Waals surface area contributed by atoms with Crippen LogP contribution in [0.25, 0.3) is 16.9 Å². The third kappa shape index (κ3) is 3.48. The SMILES string of the molecule is CO[Si](C)(C)CNc1c(-c2c(F)cccc2Cl)c(Cl)nc2ncnn12. The molecule has 0 bridgehead atoms. The van der Waals surface area contributed by atoms with Gasteiger partial charge in [-0.2, -0.15) is 19.6 Å². The highest BCUT2D eigenvalue weighted by molar-refractivity contribution is 6.71. The van der Waals surface area contributed by atoms with E-state index in [1.54, 1.807) is 13.2 Å². The van der Waals surface area contributed by atoms with Gasteiger partial charge in [-0.05, 0) is 25.2 Å². The van der Waals surface area contributed by atoms with Crippen molar-refractivity contribution in [1.29, 1.82) is 0 Å². The summed E-state index contributed by atoms with van der Waals surface area (Å²) in [4.78, 5) is 8.24. The van der Waals surface area contributed by atoms with Crippen LogP contribution in [0.3, 0.4) is 0 Å². The molecule has 0 saturated heterocycles. The minimum Gasteiger partial charge on any atom is -0.419 e. The van der Waals surface area contributed by atoms with Crippen molar-refractivity contribution in [3.05, 3.63) is 40.5 Å². The topological polar surface area (TPSA) is 64.3 Å². The van der Waals surface area contributed by atoms with E-state index in [-0.39, 0.29) is 15.7 Å². The largest absolute Gasteiger partial charge is 0.419 e. The highest BCUT2D eigenvalue weighted by Gasteiger charge is 2.26. The molecule has 2 aromatic heterocycles. The molecule has 2 heterocycles. The van der Waals surface area contributed by atoms with Crippen molar-refractivity contribution in [2.45, 2.75) is 13.1 Å². The Kier molecular flexibility index (Phi) is 4.96. The number of rotatable bonds is 5. The van der Waals surface area contributed by atoms with E-state index in [1.165, 1.54) is 23.0 Å². The van der Waals surface area contributed by atoms with E-state index in [1.807, 2.05) is 0 Å². The summed E-state index contributed by atoms with van der Waals surface area (Å²) in [6, 6.07) is 4.45. The summed E-state index contributed by atoms with van der Waals surface area (Å²) in [5.41, 5.74) is 0.502. The molecule has 0 aliphatic rings. The first-order valence-electron chi connectivity index (χ1n) is 7.46. The molecule has 1 aromatic carbocycles. The van der Waals surface area contributed by atoms with E-state index in [4.69, 9.17) is 27.6 Å². The third-order valence-electron chi connectivity index (χ3n) is 3.83. The highest BCUT2D eigenvalue weighted by atomic mass is 35.5. The number of halogens is 3. The molecule has 0 unspecified atom stereocenters. The van der Waals surface area contributed by atoms with Crippen LogP contribution in [0.5, 0.6) is 0 Å². The zero-order chi connectivity index (χ0) is 18.2. The van der Waals surface area contributed by atoms with E-state index < -0.39 is 14.1 Å². The molecule has 0 fully saturated rings. The van der Waals surface area contributed by atoms with Gasteiger partial charge >= 0.3 is 0 Å². The predicted octanol–water partition coefficient (Wildman–Crippen LogP) is 4.04. The van der Waals surface area contributed by atoms with Crippen molar-refractivity contribution in [2.75, 3.05) is 18.6 Å². The number of fused-ring (bicyclic) bond motifs is 1. The summed E-state index contributed by atoms with van der Waals surface area (Å²) in [7, 11) is -0.285. The maximum absolute atomic E-state index is 14.5. The Hall–Kier alpha value is -1.74. The van der Waals surface area contributed by atoms with Gasteiger partial charge in [0.05, 0.1) is 10.6 Å². The lowest BCUT2D eigenvalue weighted by Crippen LogP contribution is -2.38. The lowest BCUT2D eigenvalue weighted by atomic mass is 10.1. The molecule has 0 amide bonds. The Labute approximate surface area is 155 Å². The molecule has 10 heteroatoms. The Morgan fingerprint density at radius 2 is 2.04 bits per heavy atom. The second-order valence-corrected chi connectivity index (χ2v) is 11.1. The molecule has 1 N–H and O–H groups in total. The molecular formula is C15H16Cl2FN5OSi. The Balaban J connectivity index is 2.24. The first-order valence-corrected chi connectivity index (χ1v) is 11.3. The van der Waals surface area contributed by atoms with Crippen LogP contribution in [0.4, 0.5) is 10.2 Å². The zero-order valence-corrected chi connectivity index (χ0v) is 16.4. The second kappa shape index (κ2) is 6.87. The van der Waals surface area contributed by atoms with E-state index in [9.17, 15) is 4.39 Å². The van der Waals surface area contributed by atoms with Crippen LogP contribution in [-0.2, 0) is 4.43 Å². The molecular weight excluding hydrogens is 384 g/mol. The minimum atomic E-state index is -1.96.